The zero-order chi connectivity index (χ0) is 21.4. The SMILES string of the molecule is CCOC(=O)/C=C(\C)c1ccc(N(CC(C)CC)C2CCCCC2)c([N+](=O)[O-])c1. The number of nitrogens with zero attached hydrogens (tertiary/aromatic N) is 2. The molecule has 1 atom stereocenters. The highest BCUT2D eigenvalue weighted by Gasteiger charge is 2.28. The number of nitro groups is 1. The van der Waals surface area contributed by atoms with Gasteiger partial charge in [0.2, 0.25) is 0 Å². The zero-order valence-electron chi connectivity index (χ0n) is 18.1. The third-order valence-corrected chi connectivity index (χ3v) is 5.78. The minimum absolute atomic E-state index is 0.105. The molecule has 2 rings (SSSR count). The number of carbonyl (C=O) groups is 1. The summed E-state index contributed by atoms with van der Waals surface area (Å²) >= 11 is 0. The molecule has 0 spiro atoms. The summed E-state index contributed by atoms with van der Waals surface area (Å²) in [5.41, 5.74) is 2.12. The summed E-state index contributed by atoms with van der Waals surface area (Å²) in [6, 6.07) is 5.66. The monoisotopic (exact) mass is 402 g/mol. The van der Waals surface area contributed by atoms with Crippen LogP contribution >= 0.6 is 0 Å². The number of allylic oxidation sites excluding steroid dienone is 1. The van der Waals surface area contributed by atoms with Gasteiger partial charge in [-0.15, -0.1) is 0 Å². The van der Waals surface area contributed by atoms with E-state index in [1.807, 2.05) is 12.1 Å². The molecule has 1 aromatic carbocycles. The molecule has 1 fully saturated rings. The number of rotatable bonds is 9. The van der Waals surface area contributed by atoms with Gasteiger partial charge in [-0.1, -0.05) is 45.6 Å². The molecule has 1 saturated carbocycles. The average molecular weight is 403 g/mol. The molecule has 0 bridgehead atoms. The molecule has 1 aromatic rings. The van der Waals surface area contributed by atoms with Crippen molar-refractivity contribution in [3.8, 4) is 0 Å². The summed E-state index contributed by atoms with van der Waals surface area (Å²) in [5, 5.41) is 11.9. The Labute approximate surface area is 174 Å². The van der Waals surface area contributed by atoms with E-state index in [-0.39, 0.29) is 10.6 Å². The van der Waals surface area contributed by atoms with Gasteiger partial charge in [0.25, 0.3) is 5.69 Å². The maximum Gasteiger partial charge on any atom is 0.331 e. The van der Waals surface area contributed by atoms with Crippen molar-refractivity contribution in [2.45, 2.75) is 72.3 Å². The molecule has 6 heteroatoms. The van der Waals surface area contributed by atoms with Gasteiger partial charge in [0.1, 0.15) is 5.69 Å². The van der Waals surface area contributed by atoms with Crippen LogP contribution in [0.1, 0.15) is 71.8 Å². The molecule has 6 nitrogen and oxygen atoms in total. The molecule has 1 unspecified atom stereocenters. The maximum atomic E-state index is 11.9. The lowest BCUT2D eigenvalue weighted by atomic mass is 9.92. The van der Waals surface area contributed by atoms with Gasteiger partial charge in [0.05, 0.1) is 11.5 Å². The normalized spacial score (nSPS) is 16.3. The van der Waals surface area contributed by atoms with Gasteiger partial charge in [-0.05, 0) is 49.8 Å². The van der Waals surface area contributed by atoms with E-state index in [2.05, 4.69) is 18.7 Å². The molecule has 160 valence electrons. The highest BCUT2D eigenvalue weighted by Crippen LogP contribution is 2.36. The van der Waals surface area contributed by atoms with E-state index in [0.29, 0.717) is 35.4 Å². The van der Waals surface area contributed by atoms with Gasteiger partial charge in [0, 0.05) is 24.7 Å². The van der Waals surface area contributed by atoms with Crippen molar-refractivity contribution in [3.63, 3.8) is 0 Å². The number of benzene rings is 1. The smallest absolute Gasteiger partial charge is 0.331 e. The fourth-order valence-corrected chi connectivity index (χ4v) is 3.90. The Kier molecular flexibility index (Phi) is 8.68. The van der Waals surface area contributed by atoms with Crippen LogP contribution in [-0.4, -0.2) is 30.1 Å². The van der Waals surface area contributed by atoms with Crippen molar-refractivity contribution in [2.75, 3.05) is 18.1 Å². The first-order chi connectivity index (χ1) is 13.9. The van der Waals surface area contributed by atoms with Crippen LogP contribution in [0.3, 0.4) is 0 Å². The van der Waals surface area contributed by atoms with E-state index in [4.69, 9.17) is 4.74 Å². The Hall–Kier alpha value is -2.37. The van der Waals surface area contributed by atoms with E-state index in [1.54, 1.807) is 19.9 Å². The predicted molar refractivity (Wildman–Crippen MR) is 117 cm³/mol. The Morgan fingerprint density at radius 3 is 2.59 bits per heavy atom. The lowest BCUT2D eigenvalue weighted by molar-refractivity contribution is -0.384. The third kappa shape index (κ3) is 6.31. The van der Waals surface area contributed by atoms with E-state index < -0.39 is 5.97 Å². The third-order valence-electron chi connectivity index (χ3n) is 5.78. The summed E-state index contributed by atoms with van der Waals surface area (Å²) in [7, 11) is 0. The van der Waals surface area contributed by atoms with Gasteiger partial charge in [-0.3, -0.25) is 10.1 Å². The number of ether oxygens (including phenoxy) is 1. The Morgan fingerprint density at radius 1 is 1.31 bits per heavy atom. The van der Waals surface area contributed by atoms with E-state index in [9.17, 15) is 14.9 Å². The van der Waals surface area contributed by atoms with E-state index >= 15 is 0 Å². The van der Waals surface area contributed by atoms with Gasteiger partial charge in [0.15, 0.2) is 0 Å². The molecule has 0 amide bonds. The fraction of sp³-hybridized carbons (Fsp3) is 0.609. The molecule has 0 aliphatic heterocycles. The molecule has 1 aliphatic carbocycles. The lowest BCUT2D eigenvalue weighted by Gasteiger charge is -2.37. The quantitative estimate of drug-likeness (QED) is 0.228. The largest absolute Gasteiger partial charge is 0.463 e. The number of hydrogen-bond acceptors (Lipinski definition) is 5. The minimum atomic E-state index is -0.433. The summed E-state index contributed by atoms with van der Waals surface area (Å²) in [6.45, 7) is 8.99. The maximum absolute atomic E-state index is 11.9. The zero-order valence-corrected chi connectivity index (χ0v) is 18.1. The highest BCUT2D eigenvalue weighted by molar-refractivity contribution is 5.91. The number of nitro benzene ring substituents is 1. The van der Waals surface area contributed by atoms with Gasteiger partial charge < -0.3 is 9.64 Å². The molecule has 0 aromatic heterocycles. The summed E-state index contributed by atoms with van der Waals surface area (Å²) in [4.78, 5) is 25.6. The van der Waals surface area contributed by atoms with E-state index in [0.717, 1.165) is 25.8 Å². The molecule has 0 saturated heterocycles. The molecular weight excluding hydrogens is 368 g/mol. The first-order valence-corrected chi connectivity index (χ1v) is 10.8. The Morgan fingerprint density at radius 2 is 2.00 bits per heavy atom. The van der Waals surface area contributed by atoms with Gasteiger partial charge in [-0.2, -0.15) is 0 Å². The van der Waals surface area contributed by atoms with Crippen molar-refractivity contribution >= 4 is 22.9 Å². The summed E-state index contributed by atoms with van der Waals surface area (Å²) < 4.78 is 4.95. The summed E-state index contributed by atoms with van der Waals surface area (Å²) in [5.74, 6) is 0.0268. The second kappa shape index (κ2) is 11.0. The van der Waals surface area contributed by atoms with Gasteiger partial charge >= 0.3 is 5.97 Å². The fourth-order valence-electron chi connectivity index (χ4n) is 3.90. The van der Waals surface area contributed by atoms with Gasteiger partial charge in [-0.25, -0.2) is 4.79 Å². The standard InChI is InChI=1S/C23H34N2O4/c1-5-17(3)16-24(20-10-8-7-9-11-20)21-13-12-19(15-22(21)25(27)28)18(4)14-23(26)29-6-2/h12-15,17,20H,5-11,16H2,1-4H3/b18-14+. The van der Waals surface area contributed by atoms with Crippen molar-refractivity contribution in [1.82, 2.24) is 0 Å². The van der Waals surface area contributed by atoms with Crippen molar-refractivity contribution in [2.24, 2.45) is 5.92 Å². The minimum Gasteiger partial charge on any atom is -0.463 e. The molecule has 0 radical (unpaired) electrons. The number of carbonyl (C=O) groups excluding carboxylic acids is 1. The molecular formula is C23H34N2O4. The lowest BCUT2D eigenvalue weighted by Crippen LogP contribution is -2.40. The van der Waals surface area contributed by atoms with Crippen LogP contribution in [0.2, 0.25) is 0 Å². The van der Waals surface area contributed by atoms with Crippen LogP contribution in [0.15, 0.2) is 24.3 Å². The van der Waals surface area contributed by atoms with Crippen LogP contribution in [0.25, 0.3) is 5.57 Å². The molecule has 0 N–H and O–H groups in total. The van der Waals surface area contributed by atoms with Crippen molar-refractivity contribution < 1.29 is 14.5 Å². The second-order valence-electron chi connectivity index (χ2n) is 8.00. The Bertz CT molecular complexity index is 738. The molecule has 0 heterocycles. The van der Waals surface area contributed by atoms with Crippen LogP contribution in [0.5, 0.6) is 0 Å². The van der Waals surface area contributed by atoms with Crippen molar-refractivity contribution in [1.29, 1.82) is 0 Å². The first-order valence-electron chi connectivity index (χ1n) is 10.8. The van der Waals surface area contributed by atoms with Crippen LogP contribution < -0.4 is 4.90 Å². The number of esters is 1. The number of anilines is 1. The average Bonchev–Trinajstić information content (AvgIpc) is 2.72. The highest BCUT2D eigenvalue weighted by atomic mass is 16.6. The summed E-state index contributed by atoms with van der Waals surface area (Å²) in [6.07, 6.45) is 8.18. The van der Waals surface area contributed by atoms with E-state index in [1.165, 1.54) is 25.3 Å². The van der Waals surface area contributed by atoms with Crippen molar-refractivity contribution in [3.05, 3.63) is 40.0 Å². The second-order valence-corrected chi connectivity index (χ2v) is 8.00. The Balaban J connectivity index is 2.42. The topological polar surface area (TPSA) is 72.7 Å². The van der Waals surface area contributed by atoms with Crippen LogP contribution in [0, 0.1) is 16.0 Å². The predicted octanol–water partition coefficient (Wildman–Crippen LogP) is 5.75. The molecule has 29 heavy (non-hydrogen) atoms. The molecule has 1 aliphatic rings. The van der Waals surface area contributed by atoms with Crippen LogP contribution in [-0.2, 0) is 9.53 Å². The van der Waals surface area contributed by atoms with Crippen LogP contribution in [0.4, 0.5) is 11.4 Å². The number of hydrogen-bond donors (Lipinski definition) is 0. The first kappa shape index (κ1) is 22.9.